The third kappa shape index (κ3) is 4.09. The summed E-state index contributed by atoms with van der Waals surface area (Å²) in [4.78, 5) is 12.4. The monoisotopic (exact) mass is 321 g/mol. The van der Waals surface area contributed by atoms with Crippen molar-refractivity contribution in [3.63, 3.8) is 0 Å². The second kappa shape index (κ2) is 8.09. The highest BCUT2D eigenvalue weighted by atomic mass is 16.5. The van der Waals surface area contributed by atoms with Gasteiger partial charge in [-0.1, -0.05) is 25.8 Å². The molecule has 0 bridgehead atoms. The predicted octanol–water partition coefficient (Wildman–Crippen LogP) is 2.95. The lowest BCUT2D eigenvalue weighted by molar-refractivity contribution is -0.121. The first kappa shape index (κ1) is 17.4. The van der Waals surface area contributed by atoms with E-state index in [1.807, 2.05) is 6.07 Å². The smallest absolute Gasteiger partial charge is 0.224 e. The fraction of sp³-hybridized carbons (Fsp3) is 0.611. The van der Waals surface area contributed by atoms with E-state index in [1.165, 1.54) is 19.3 Å². The highest BCUT2D eigenvalue weighted by molar-refractivity contribution is 5.80. The number of rotatable bonds is 6. The highest BCUT2D eigenvalue weighted by Gasteiger charge is 2.24. The lowest BCUT2D eigenvalue weighted by Crippen LogP contribution is -2.41. The third-order valence-corrected chi connectivity index (χ3v) is 4.59. The highest BCUT2D eigenvalue weighted by Crippen LogP contribution is 2.39. The van der Waals surface area contributed by atoms with Crippen molar-refractivity contribution in [3.8, 4) is 17.2 Å². The largest absolute Gasteiger partial charge is 0.493 e. The van der Waals surface area contributed by atoms with Crippen molar-refractivity contribution in [1.82, 2.24) is 5.32 Å². The maximum Gasteiger partial charge on any atom is 0.224 e. The van der Waals surface area contributed by atoms with Gasteiger partial charge in [-0.05, 0) is 24.8 Å². The number of ether oxygens (including phenoxy) is 3. The Morgan fingerprint density at radius 3 is 2.39 bits per heavy atom. The van der Waals surface area contributed by atoms with E-state index in [9.17, 15) is 4.79 Å². The van der Waals surface area contributed by atoms with Crippen molar-refractivity contribution in [2.75, 3.05) is 21.3 Å². The summed E-state index contributed by atoms with van der Waals surface area (Å²) in [5, 5.41) is 3.17. The van der Waals surface area contributed by atoms with Crippen LogP contribution in [0.2, 0.25) is 0 Å². The van der Waals surface area contributed by atoms with Gasteiger partial charge in [0.15, 0.2) is 11.5 Å². The Bertz CT molecular complexity index is 544. The molecule has 0 radical (unpaired) electrons. The lowest BCUT2D eigenvalue weighted by atomic mass is 9.86. The molecule has 1 aliphatic rings. The van der Waals surface area contributed by atoms with Gasteiger partial charge in [0.25, 0.3) is 0 Å². The SMILES string of the molecule is COc1ccc(CC(=O)N[C@@H]2CCCC[C@H]2C)c(OC)c1OC. The number of amides is 1. The number of benzene rings is 1. The summed E-state index contributed by atoms with van der Waals surface area (Å²) >= 11 is 0. The summed E-state index contributed by atoms with van der Waals surface area (Å²) in [6.07, 6.45) is 4.97. The fourth-order valence-electron chi connectivity index (χ4n) is 3.26. The molecule has 0 spiro atoms. The molecule has 2 rings (SSSR count). The van der Waals surface area contributed by atoms with Crippen molar-refractivity contribution in [2.24, 2.45) is 5.92 Å². The van der Waals surface area contributed by atoms with Crippen LogP contribution in [-0.4, -0.2) is 33.3 Å². The Kier molecular flexibility index (Phi) is 6.13. The van der Waals surface area contributed by atoms with Crippen molar-refractivity contribution < 1.29 is 19.0 Å². The van der Waals surface area contributed by atoms with E-state index in [2.05, 4.69) is 12.2 Å². The molecule has 128 valence electrons. The van der Waals surface area contributed by atoms with Crippen LogP contribution in [0.4, 0.5) is 0 Å². The molecule has 0 saturated heterocycles. The number of hydrogen-bond acceptors (Lipinski definition) is 4. The molecule has 1 saturated carbocycles. The molecule has 0 heterocycles. The molecule has 2 atom stereocenters. The Hall–Kier alpha value is -1.91. The van der Waals surface area contributed by atoms with Gasteiger partial charge in [0, 0.05) is 11.6 Å². The van der Waals surface area contributed by atoms with Crippen LogP contribution in [0.1, 0.15) is 38.2 Å². The molecule has 0 unspecified atom stereocenters. The van der Waals surface area contributed by atoms with E-state index in [0.717, 1.165) is 12.0 Å². The Morgan fingerprint density at radius 1 is 1.09 bits per heavy atom. The fourth-order valence-corrected chi connectivity index (χ4v) is 3.26. The van der Waals surface area contributed by atoms with Crippen molar-refractivity contribution >= 4 is 5.91 Å². The molecule has 1 aliphatic carbocycles. The maximum absolute atomic E-state index is 12.4. The van der Waals surface area contributed by atoms with Gasteiger partial charge in [0.2, 0.25) is 11.7 Å². The summed E-state index contributed by atoms with van der Waals surface area (Å²) in [7, 11) is 4.71. The van der Waals surface area contributed by atoms with Gasteiger partial charge >= 0.3 is 0 Å². The first-order valence-electron chi connectivity index (χ1n) is 8.17. The van der Waals surface area contributed by atoms with E-state index in [1.54, 1.807) is 27.4 Å². The van der Waals surface area contributed by atoms with E-state index in [4.69, 9.17) is 14.2 Å². The normalized spacial score (nSPS) is 20.7. The lowest BCUT2D eigenvalue weighted by Gasteiger charge is -2.29. The first-order chi connectivity index (χ1) is 11.1. The standard InChI is InChI=1S/C18H27NO4/c1-12-7-5-6-8-14(12)19-16(20)11-13-9-10-15(21-2)18(23-4)17(13)22-3/h9-10,12,14H,5-8,11H2,1-4H3,(H,19,20)/t12-,14-/m1/s1. The minimum absolute atomic E-state index is 0.0225. The number of methoxy groups -OCH3 is 3. The quantitative estimate of drug-likeness (QED) is 0.875. The minimum Gasteiger partial charge on any atom is -0.493 e. The summed E-state index contributed by atoms with van der Waals surface area (Å²) in [5.74, 6) is 2.23. The van der Waals surface area contributed by atoms with Gasteiger partial charge in [-0.15, -0.1) is 0 Å². The molecule has 5 heteroatoms. The van der Waals surface area contributed by atoms with Gasteiger partial charge in [-0.2, -0.15) is 0 Å². The Morgan fingerprint density at radius 2 is 1.78 bits per heavy atom. The summed E-state index contributed by atoms with van der Waals surface area (Å²) in [5.41, 5.74) is 0.797. The Labute approximate surface area is 138 Å². The van der Waals surface area contributed by atoms with E-state index in [0.29, 0.717) is 23.2 Å². The summed E-state index contributed by atoms with van der Waals surface area (Å²) in [6.45, 7) is 2.21. The molecule has 0 aliphatic heterocycles. The molecular weight excluding hydrogens is 294 g/mol. The van der Waals surface area contributed by atoms with Gasteiger partial charge in [-0.25, -0.2) is 0 Å². The molecule has 5 nitrogen and oxygen atoms in total. The zero-order chi connectivity index (χ0) is 16.8. The van der Waals surface area contributed by atoms with E-state index < -0.39 is 0 Å². The van der Waals surface area contributed by atoms with Crippen molar-refractivity contribution in [1.29, 1.82) is 0 Å². The van der Waals surface area contributed by atoms with Gasteiger partial charge in [-0.3, -0.25) is 4.79 Å². The average Bonchev–Trinajstić information content (AvgIpc) is 2.56. The Balaban J connectivity index is 2.11. The van der Waals surface area contributed by atoms with Crippen LogP contribution < -0.4 is 19.5 Å². The molecule has 1 aromatic rings. The number of carbonyl (C=O) groups excluding carboxylic acids is 1. The molecule has 1 amide bonds. The number of hydrogen-bond donors (Lipinski definition) is 1. The minimum atomic E-state index is 0.0225. The van der Waals surface area contributed by atoms with E-state index >= 15 is 0 Å². The second-order valence-corrected chi connectivity index (χ2v) is 6.11. The molecule has 23 heavy (non-hydrogen) atoms. The van der Waals surface area contributed by atoms with Gasteiger partial charge in [0.1, 0.15) is 0 Å². The van der Waals surface area contributed by atoms with Crippen LogP contribution >= 0.6 is 0 Å². The van der Waals surface area contributed by atoms with Crippen LogP contribution in [0.3, 0.4) is 0 Å². The van der Waals surface area contributed by atoms with Crippen LogP contribution in [0.5, 0.6) is 17.2 Å². The van der Waals surface area contributed by atoms with Crippen molar-refractivity contribution in [2.45, 2.75) is 45.1 Å². The molecule has 0 aromatic heterocycles. The number of carbonyl (C=O) groups is 1. The molecule has 1 N–H and O–H groups in total. The van der Waals surface area contributed by atoms with Crippen LogP contribution in [0.25, 0.3) is 0 Å². The van der Waals surface area contributed by atoms with Crippen LogP contribution in [0.15, 0.2) is 12.1 Å². The molecule has 1 aromatic carbocycles. The van der Waals surface area contributed by atoms with Gasteiger partial charge < -0.3 is 19.5 Å². The van der Waals surface area contributed by atoms with E-state index in [-0.39, 0.29) is 18.4 Å². The van der Waals surface area contributed by atoms with Crippen LogP contribution in [-0.2, 0) is 11.2 Å². The summed E-state index contributed by atoms with van der Waals surface area (Å²) < 4.78 is 16.1. The predicted molar refractivity (Wildman–Crippen MR) is 89.4 cm³/mol. The maximum atomic E-state index is 12.4. The van der Waals surface area contributed by atoms with Crippen LogP contribution in [0, 0.1) is 5.92 Å². The zero-order valence-corrected chi connectivity index (χ0v) is 14.5. The molecular formula is C18H27NO4. The third-order valence-electron chi connectivity index (χ3n) is 4.59. The first-order valence-corrected chi connectivity index (χ1v) is 8.17. The van der Waals surface area contributed by atoms with Crippen molar-refractivity contribution in [3.05, 3.63) is 17.7 Å². The second-order valence-electron chi connectivity index (χ2n) is 6.11. The zero-order valence-electron chi connectivity index (χ0n) is 14.5. The molecule has 1 fully saturated rings. The average molecular weight is 321 g/mol. The summed E-state index contributed by atoms with van der Waals surface area (Å²) in [6, 6.07) is 3.93. The van der Waals surface area contributed by atoms with Gasteiger partial charge in [0.05, 0.1) is 27.8 Å². The topological polar surface area (TPSA) is 56.8 Å². The number of nitrogens with one attached hydrogen (secondary N) is 1.